The molecule has 3 rings (SSSR count). The first-order valence-corrected chi connectivity index (χ1v) is 10.9. The number of morpholine rings is 1. The van der Waals surface area contributed by atoms with E-state index in [0.717, 1.165) is 56.8 Å². The topological polar surface area (TPSA) is 61.8 Å². The maximum Gasteiger partial charge on any atom is 0.191 e. The van der Waals surface area contributed by atoms with E-state index in [0.29, 0.717) is 13.1 Å². The van der Waals surface area contributed by atoms with Gasteiger partial charge >= 0.3 is 0 Å². The van der Waals surface area contributed by atoms with Crippen LogP contribution in [0.3, 0.4) is 0 Å². The normalized spacial score (nSPS) is 15.6. The number of guanidine groups is 1. The summed E-state index contributed by atoms with van der Waals surface area (Å²) in [6.45, 7) is 11.1. The van der Waals surface area contributed by atoms with Crippen LogP contribution in [0.2, 0.25) is 0 Å². The molecule has 1 aromatic carbocycles. The third kappa shape index (κ3) is 6.58. The molecule has 1 aromatic heterocycles. The monoisotopic (exact) mass is 401 g/mol. The lowest BCUT2D eigenvalue weighted by molar-refractivity contribution is 0.0342. The molecule has 2 aromatic rings. The molecular formula is C21H31N5OS. The molecule has 0 amide bonds. The largest absolute Gasteiger partial charge is 0.379 e. The second-order valence-corrected chi connectivity index (χ2v) is 8.03. The van der Waals surface area contributed by atoms with E-state index in [9.17, 15) is 0 Å². The van der Waals surface area contributed by atoms with Gasteiger partial charge in [-0.3, -0.25) is 4.90 Å². The quantitative estimate of drug-likeness (QED) is 0.526. The molecule has 0 saturated carbocycles. The summed E-state index contributed by atoms with van der Waals surface area (Å²) in [6, 6.07) is 8.78. The van der Waals surface area contributed by atoms with Gasteiger partial charge in [0.25, 0.3) is 0 Å². The van der Waals surface area contributed by atoms with Crippen LogP contribution in [0.25, 0.3) is 0 Å². The van der Waals surface area contributed by atoms with E-state index in [4.69, 9.17) is 9.73 Å². The molecule has 0 spiro atoms. The Morgan fingerprint density at radius 2 is 1.89 bits per heavy atom. The number of hydrogen-bond donors (Lipinski definition) is 2. The second-order valence-electron chi connectivity index (χ2n) is 6.83. The molecule has 28 heavy (non-hydrogen) atoms. The Kier molecular flexibility index (Phi) is 8.26. The summed E-state index contributed by atoms with van der Waals surface area (Å²) in [4.78, 5) is 12.9. The standard InChI is InChI=1S/C21H31N5OS/c1-3-19-14-23-20(28-19)15-25-21(22-4-2)24-13-17-5-7-18(8-6-17)16-26-9-11-27-12-10-26/h5-8,14H,3-4,9-13,15-16H2,1-2H3,(H2,22,24,25). The van der Waals surface area contributed by atoms with Gasteiger partial charge in [-0.1, -0.05) is 31.2 Å². The van der Waals surface area contributed by atoms with Gasteiger partial charge in [-0.05, 0) is 24.5 Å². The summed E-state index contributed by atoms with van der Waals surface area (Å²) < 4.78 is 5.41. The zero-order chi connectivity index (χ0) is 19.6. The summed E-state index contributed by atoms with van der Waals surface area (Å²) in [5.41, 5.74) is 2.56. The smallest absolute Gasteiger partial charge is 0.191 e. The third-order valence-electron chi connectivity index (χ3n) is 4.65. The summed E-state index contributed by atoms with van der Waals surface area (Å²) in [6.07, 6.45) is 3.00. The first-order chi connectivity index (χ1) is 13.8. The first kappa shape index (κ1) is 20.8. The minimum Gasteiger partial charge on any atom is -0.379 e. The number of benzene rings is 1. The molecule has 7 heteroatoms. The number of aryl methyl sites for hydroxylation is 1. The van der Waals surface area contributed by atoms with Gasteiger partial charge in [-0.2, -0.15) is 0 Å². The molecule has 2 heterocycles. The summed E-state index contributed by atoms with van der Waals surface area (Å²) >= 11 is 1.75. The van der Waals surface area contributed by atoms with Crippen molar-refractivity contribution in [3.8, 4) is 0 Å². The number of ether oxygens (including phenoxy) is 1. The van der Waals surface area contributed by atoms with Crippen molar-refractivity contribution in [3.63, 3.8) is 0 Å². The zero-order valence-electron chi connectivity index (χ0n) is 16.9. The van der Waals surface area contributed by atoms with Gasteiger partial charge < -0.3 is 15.4 Å². The molecule has 1 aliphatic heterocycles. The molecule has 6 nitrogen and oxygen atoms in total. The zero-order valence-corrected chi connectivity index (χ0v) is 17.7. The molecule has 0 radical (unpaired) electrons. The predicted octanol–water partition coefficient (Wildman–Crippen LogP) is 2.79. The Bertz CT molecular complexity index is 738. The van der Waals surface area contributed by atoms with Gasteiger partial charge in [0, 0.05) is 37.3 Å². The number of rotatable bonds is 8. The van der Waals surface area contributed by atoms with Crippen molar-refractivity contribution in [2.45, 2.75) is 39.9 Å². The van der Waals surface area contributed by atoms with E-state index >= 15 is 0 Å². The van der Waals surface area contributed by atoms with Gasteiger partial charge in [0.05, 0.1) is 26.3 Å². The number of hydrogen-bond acceptors (Lipinski definition) is 5. The molecule has 2 N–H and O–H groups in total. The SMILES string of the molecule is CCNC(=NCc1ccc(CN2CCOCC2)cc1)NCc1ncc(CC)s1. The second kappa shape index (κ2) is 11.1. The van der Waals surface area contributed by atoms with Crippen molar-refractivity contribution >= 4 is 17.3 Å². The molecule has 1 saturated heterocycles. The highest BCUT2D eigenvalue weighted by Gasteiger charge is 2.10. The third-order valence-corrected chi connectivity index (χ3v) is 5.80. The number of aliphatic imine (C=N–C) groups is 1. The van der Waals surface area contributed by atoms with Crippen molar-refractivity contribution in [2.24, 2.45) is 4.99 Å². The van der Waals surface area contributed by atoms with Gasteiger partial charge in [0.2, 0.25) is 0 Å². The fourth-order valence-corrected chi connectivity index (χ4v) is 3.83. The minimum atomic E-state index is 0.658. The van der Waals surface area contributed by atoms with E-state index in [2.05, 4.69) is 58.6 Å². The number of nitrogens with zero attached hydrogens (tertiary/aromatic N) is 3. The summed E-state index contributed by atoms with van der Waals surface area (Å²) in [5.74, 6) is 0.827. The Hall–Kier alpha value is -1.96. The average molecular weight is 402 g/mol. The Morgan fingerprint density at radius 3 is 2.57 bits per heavy atom. The van der Waals surface area contributed by atoms with E-state index in [1.54, 1.807) is 11.3 Å². The first-order valence-electron chi connectivity index (χ1n) is 10.1. The Morgan fingerprint density at radius 1 is 1.14 bits per heavy atom. The molecule has 0 atom stereocenters. The summed E-state index contributed by atoms with van der Waals surface area (Å²) in [7, 11) is 0. The highest BCUT2D eigenvalue weighted by molar-refractivity contribution is 7.11. The molecule has 0 bridgehead atoms. The number of aromatic nitrogens is 1. The predicted molar refractivity (Wildman–Crippen MR) is 116 cm³/mol. The van der Waals surface area contributed by atoms with Crippen molar-refractivity contribution in [1.82, 2.24) is 20.5 Å². The molecular weight excluding hydrogens is 370 g/mol. The minimum absolute atomic E-state index is 0.658. The van der Waals surface area contributed by atoms with Gasteiger partial charge in [0.15, 0.2) is 5.96 Å². The highest BCUT2D eigenvalue weighted by Crippen LogP contribution is 2.13. The fraction of sp³-hybridized carbons (Fsp3) is 0.524. The van der Waals surface area contributed by atoms with E-state index < -0.39 is 0 Å². The van der Waals surface area contributed by atoms with E-state index in [-0.39, 0.29) is 0 Å². The maximum atomic E-state index is 5.41. The molecule has 1 aliphatic rings. The molecule has 0 unspecified atom stereocenters. The lowest BCUT2D eigenvalue weighted by Gasteiger charge is -2.26. The number of thiazole rings is 1. The summed E-state index contributed by atoms with van der Waals surface area (Å²) in [5, 5.41) is 7.78. The molecule has 0 aliphatic carbocycles. The van der Waals surface area contributed by atoms with E-state index in [1.165, 1.54) is 16.0 Å². The van der Waals surface area contributed by atoms with Crippen LogP contribution in [0.15, 0.2) is 35.5 Å². The highest BCUT2D eigenvalue weighted by atomic mass is 32.1. The van der Waals surface area contributed by atoms with Crippen LogP contribution in [0.1, 0.15) is 34.9 Å². The fourth-order valence-electron chi connectivity index (χ4n) is 3.03. The van der Waals surface area contributed by atoms with Crippen LogP contribution < -0.4 is 10.6 Å². The van der Waals surface area contributed by atoms with Crippen molar-refractivity contribution in [2.75, 3.05) is 32.8 Å². The van der Waals surface area contributed by atoms with Crippen LogP contribution in [-0.4, -0.2) is 48.7 Å². The number of nitrogens with one attached hydrogen (secondary N) is 2. The van der Waals surface area contributed by atoms with Crippen molar-refractivity contribution in [1.29, 1.82) is 0 Å². The van der Waals surface area contributed by atoms with E-state index in [1.807, 2.05) is 6.20 Å². The van der Waals surface area contributed by atoms with Crippen LogP contribution >= 0.6 is 11.3 Å². The van der Waals surface area contributed by atoms with Gasteiger partial charge in [-0.15, -0.1) is 11.3 Å². The van der Waals surface area contributed by atoms with Crippen LogP contribution in [0, 0.1) is 0 Å². The maximum absolute atomic E-state index is 5.41. The molecule has 1 fully saturated rings. The lowest BCUT2D eigenvalue weighted by atomic mass is 10.1. The lowest BCUT2D eigenvalue weighted by Crippen LogP contribution is -2.36. The Labute approximate surface area is 172 Å². The molecule has 152 valence electrons. The van der Waals surface area contributed by atoms with Crippen molar-refractivity contribution in [3.05, 3.63) is 51.5 Å². The van der Waals surface area contributed by atoms with Gasteiger partial charge in [0.1, 0.15) is 5.01 Å². The Balaban J connectivity index is 1.51. The van der Waals surface area contributed by atoms with Crippen LogP contribution in [0.5, 0.6) is 0 Å². The van der Waals surface area contributed by atoms with Crippen LogP contribution in [0.4, 0.5) is 0 Å². The van der Waals surface area contributed by atoms with Crippen molar-refractivity contribution < 1.29 is 4.74 Å². The van der Waals surface area contributed by atoms with Gasteiger partial charge in [-0.25, -0.2) is 9.98 Å². The van der Waals surface area contributed by atoms with Crippen LogP contribution in [-0.2, 0) is 30.8 Å². The average Bonchev–Trinajstić information content (AvgIpc) is 3.20.